The number of aryl methyl sites for hydroxylation is 1. The van der Waals surface area contributed by atoms with Crippen LogP contribution in [0.25, 0.3) is 11.0 Å². The van der Waals surface area contributed by atoms with Gasteiger partial charge in [0.25, 0.3) is 0 Å². The number of aromatic nitrogens is 2. The Labute approximate surface area is 103 Å². The van der Waals surface area contributed by atoms with Crippen LogP contribution in [0.15, 0.2) is 47.4 Å². The quantitative estimate of drug-likeness (QED) is 0.644. The zero-order valence-corrected chi connectivity index (χ0v) is 9.75. The Morgan fingerprint density at radius 1 is 1.22 bits per heavy atom. The smallest absolute Gasteiger partial charge is 0.231 e. The second kappa shape index (κ2) is 4.07. The van der Waals surface area contributed by atoms with Crippen LogP contribution in [0.1, 0.15) is 21.7 Å². The first-order valence-electron chi connectivity index (χ1n) is 5.54. The van der Waals surface area contributed by atoms with E-state index < -0.39 is 0 Å². The molecule has 0 bridgehead atoms. The Balaban J connectivity index is 2.10. The number of carbonyl (C=O) groups excluding carboxylic acids is 1. The van der Waals surface area contributed by atoms with E-state index in [9.17, 15) is 4.79 Å². The zero-order chi connectivity index (χ0) is 12.5. The van der Waals surface area contributed by atoms with Crippen LogP contribution in [0.2, 0.25) is 0 Å². The standard InChI is InChI=1S/C14H10N2O2/c1-9-3-2-4-10-5-12(18-14(9)10)13(17)11-6-15-8-16-7-11/h2-8H,1H3. The number of nitrogens with zero attached hydrogens (tertiary/aromatic N) is 2. The average Bonchev–Trinajstić information content (AvgIpc) is 2.84. The van der Waals surface area contributed by atoms with E-state index in [-0.39, 0.29) is 5.78 Å². The summed E-state index contributed by atoms with van der Waals surface area (Å²) in [4.78, 5) is 19.8. The molecule has 0 saturated heterocycles. The van der Waals surface area contributed by atoms with E-state index in [1.807, 2.05) is 25.1 Å². The van der Waals surface area contributed by atoms with E-state index >= 15 is 0 Å². The van der Waals surface area contributed by atoms with Crippen LogP contribution < -0.4 is 0 Å². The maximum absolute atomic E-state index is 12.2. The van der Waals surface area contributed by atoms with Gasteiger partial charge in [0.05, 0.1) is 5.56 Å². The molecule has 3 rings (SSSR count). The normalized spacial score (nSPS) is 10.7. The highest BCUT2D eigenvalue weighted by atomic mass is 16.3. The van der Waals surface area contributed by atoms with Crippen molar-refractivity contribution in [3.05, 3.63) is 59.9 Å². The fourth-order valence-corrected chi connectivity index (χ4v) is 1.88. The van der Waals surface area contributed by atoms with Gasteiger partial charge in [0.1, 0.15) is 11.9 Å². The lowest BCUT2D eigenvalue weighted by molar-refractivity contribution is 0.101. The van der Waals surface area contributed by atoms with E-state index in [0.29, 0.717) is 11.3 Å². The highest BCUT2D eigenvalue weighted by Crippen LogP contribution is 2.23. The largest absolute Gasteiger partial charge is 0.452 e. The van der Waals surface area contributed by atoms with Gasteiger partial charge in [-0.3, -0.25) is 4.79 Å². The van der Waals surface area contributed by atoms with Crippen molar-refractivity contribution in [3.63, 3.8) is 0 Å². The van der Waals surface area contributed by atoms with Gasteiger partial charge in [0.2, 0.25) is 5.78 Å². The number of benzene rings is 1. The molecule has 0 fully saturated rings. The summed E-state index contributed by atoms with van der Waals surface area (Å²) in [5.41, 5.74) is 2.18. The fraction of sp³-hybridized carbons (Fsp3) is 0.0714. The summed E-state index contributed by atoms with van der Waals surface area (Å²) < 4.78 is 5.61. The molecule has 0 aliphatic heterocycles. The molecule has 4 nitrogen and oxygen atoms in total. The molecule has 2 aromatic heterocycles. The van der Waals surface area contributed by atoms with Gasteiger partial charge in [-0.25, -0.2) is 9.97 Å². The van der Waals surface area contributed by atoms with Crippen molar-refractivity contribution in [3.8, 4) is 0 Å². The summed E-state index contributed by atoms with van der Waals surface area (Å²) in [6.45, 7) is 1.95. The SMILES string of the molecule is Cc1cccc2cc(C(=O)c3cncnc3)oc12. The highest BCUT2D eigenvalue weighted by molar-refractivity contribution is 6.08. The van der Waals surface area contributed by atoms with Crippen LogP contribution >= 0.6 is 0 Å². The lowest BCUT2D eigenvalue weighted by Crippen LogP contribution is -2.00. The van der Waals surface area contributed by atoms with Crippen molar-refractivity contribution in [1.82, 2.24) is 9.97 Å². The van der Waals surface area contributed by atoms with Crippen LogP contribution in [0.3, 0.4) is 0 Å². The summed E-state index contributed by atoms with van der Waals surface area (Å²) in [6, 6.07) is 7.56. The Morgan fingerprint density at radius 2 is 2.00 bits per heavy atom. The summed E-state index contributed by atoms with van der Waals surface area (Å²) in [5.74, 6) is 0.111. The van der Waals surface area contributed by atoms with Gasteiger partial charge in [-0.2, -0.15) is 0 Å². The van der Waals surface area contributed by atoms with Crippen LogP contribution in [-0.2, 0) is 0 Å². The second-order valence-corrected chi connectivity index (χ2v) is 4.06. The molecular weight excluding hydrogens is 228 g/mol. The van der Waals surface area contributed by atoms with Crippen LogP contribution in [0.4, 0.5) is 0 Å². The minimum atomic E-state index is -0.203. The summed E-state index contributed by atoms with van der Waals surface area (Å²) in [6.07, 6.45) is 4.35. The molecule has 0 unspecified atom stereocenters. The number of hydrogen-bond donors (Lipinski definition) is 0. The minimum absolute atomic E-state index is 0.203. The molecule has 0 amide bonds. The molecule has 0 N–H and O–H groups in total. The van der Waals surface area contributed by atoms with Crippen LogP contribution in [0, 0.1) is 6.92 Å². The number of furan rings is 1. The lowest BCUT2D eigenvalue weighted by atomic mass is 10.1. The number of ketones is 1. The third-order valence-electron chi connectivity index (χ3n) is 2.79. The number of fused-ring (bicyclic) bond motifs is 1. The summed E-state index contributed by atoms with van der Waals surface area (Å²) in [7, 11) is 0. The Morgan fingerprint density at radius 3 is 2.72 bits per heavy atom. The average molecular weight is 238 g/mol. The third-order valence-corrected chi connectivity index (χ3v) is 2.79. The molecule has 2 heterocycles. The van der Waals surface area contributed by atoms with E-state index in [1.54, 1.807) is 6.07 Å². The van der Waals surface area contributed by atoms with E-state index in [0.717, 1.165) is 16.5 Å². The van der Waals surface area contributed by atoms with Gasteiger partial charge in [-0.15, -0.1) is 0 Å². The first-order chi connectivity index (χ1) is 8.75. The maximum Gasteiger partial charge on any atom is 0.231 e. The molecule has 4 heteroatoms. The first-order valence-corrected chi connectivity index (χ1v) is 5.54. The van der Waals surface area contributed by atoms with E-state index in [2.05, 4.69) is 9.97 Å². The second-order valence-electron chi connectivity index (χ2n) is 4.06. The van der Waals surface area contributed by atoms with E-state index in [4.69, 9.17) is 4.42 Å². The van der Waals surface area contributed by atoms with Crippen molar-refractivity contribution >= 4 is 16.8 Å². The molecular formula is C14H10N2O2. The monoisotopic (exact) mass is 238 g/mol. The molecule has 0 radical (unpaired) electrons. The van der Waals surface area contributed by atoms with Gasteiger partial charge < -0.3 is 4.42 Å². The van der Waals surface area contributed by atoms with Gasteiger partial charge in [-0.1, -0.05) is 18.2 Å². The molecule has 18 heavy (non-hydrogen) atoms. The van der Waals surface area contributed by atoms with Crippen molar-refractivity contribution < 1.29 is 9.21 Å². The maximum atomic E-state index is 12.2. The Bertz CT molecular complexity index is 717. The van der Waals surface area contributed by atoms with Gasteiger partial charge in [0.15, 0.2) is 5.76 Å². The molecule has 1 aromatic carbocycles. The van der Waals surface area contributed by atoms with E-state index in [1.165, 1.54) is 18.7 Å². The molecule has 0 atom stereocenters. The number of hydrogen-bond acceptors (Lipinski definition) is 4. The van der Waals surface area contributed by atoms with Crippen molar-refractivity contribution in [2.24, 2.45) is 0 Å². The first kappa shape index (κ1) is 10.7. The highest BCUT2D eigenvalue weighted by Gasteiger charge is 2.15. The van der Waals surface area contributed by atoms with Crippen molar-refractivity contribution in [2.75, 3.05) is 0 Å². The number of para-hydroxylation sites is 1. The topological polar surface area (TPSA) is 56.0 Å². The Hall–Kier alpha value is -2.49. The minimum Gasteiger partial charge on any atom is -0.452 e. The Kier molecular flexibility index (Phi) is 2.41. The molecule has 88 valence electrons. The third kappa shape index (κ3) is 1.68. The molecule has 3 aromatic rings. The summed E-state index contributed by atoms with van der Waals surface area (Å²) >= 11 is 0. The van der Waals surface area contributed by atoms with Crippen molar-refractivity contribution in [1.29, 1.82) is 0 Å². The zero-order valence-electron chi connectivity index (χ0n) is 9.75. The summed E-state index contributed by atoms with van der Waals surface area (Å²) in [5, 5.41) is 0.926. The van der Waals surface area contributed by atoms with Gasteiger partial charge in [0, 0.05) is 17.8 Å². The predicted molar refractivity (Wildman–Crippen MR) is 66.4 cm³/mol. The number of rotatable bonds is 2. The molecule has 0 saturated carbocycles. The lowest BCUT2D eigenvalue weighted by Gasteiger charge is -1.95. The predicted octanol–water partition coefficient (Wildman–Crippen LogP) is 2.76. The molecule has 0 aliphatic carbocycles. The molecule has 0 aliphatic rings. The molecule has 0 spiro atoms. The van der Waals surface area contributed by atoms with Crippen molar-refractivity contribution in [2.45, 2.75) is 6.92 Å². The number of carbonyl (C=O) groups is 1. The van der Waals surface area contributed by atoms with Gasteiger partial charge in [-0.05, 0) is 18.6 Å². The van der Waals surface area contributed by atoms with Crippen LogP contribution in [0.5, 0.6) is 0 Å². The van der Waals surface area contributed by atoms with Gasteiger partial charge >= 0.3 is 0 Å². The van der Waals surface area contributed by atoms with Crippen LogP contribution in [-0.4, -0.2) is 15.8 Å². The fourth-order valence-electron chi connectivity index (χ4n) is 1.88.